The minimum atomic E-state index is -3.63. The van der Waals surface area contributed by atoms with Gasteiger partial charge in [0.2, 0.25) is 15.9 Å². The van der Waals surface area contributed by atoms with Gasteiger partial charge in [0, 0.05) is 25.3 Å². The van der Waals surface area contributed by atoms with Crippen LogP contribution in [0.25, 0.3) is 0 Å². The van der Waals surface area contributed by atoms with Gasteiger partial charge in [-0.3, -0.25) is 9.10 Å². The summed E-state index contributed by atoms with van der Waals surface area (Å²) in [5.74, 6) is -0.330. The van der Waals surface area contributed by atoms with Crippen LogP contribution in [0.4, 0.5) is 11.4 Å². The summed E-state index contributed by atoms with van der Waals surface area (Å²) in [6.07, 6.45) is 4.89. The lowest BCUT2D eigenvalue weighted by Gasteiger charge is -2.29. The lowest BCUT2D eigenvalue weighted by atomic mass is 10.1. The number of rotatable bonds is 7. The van der Waals surface area contributed by atoms with Crippen molar-refractivity contribution >= 4 is 27.3 Å². The van der Waals surface area contributed by atoms with Crippen LogP contribution < -0.4 is 14.5 Å². The molecule has 0 radical (unpaired) electrons. The van der Waals surface area contributed by atoms with Crippen molar-refractivity contribution in [3.8, 4) is 0 Å². The maximum Gasteiger partial charge on any atom is 0.243 e. The third-order valence-electron chi connectivity index (χ3n) is 5.96. The molecule has 1 aliphatic heterocycles. The summed E-state index contributed by atoms with van der Waals surface area (Å²) in [6, 6.07) is 12.8. The molecule has 31 heavy (non-hydrogen) atoms. The molecule has 6 nitrogen and oxygen atoms in total. The summed E-state index contributed by atoms with van der Waals surface area (Å²) >= 11 is 0. The van der Waals surface area contributed by atoms with Crippen LogP contribution in [0.5, 0.6) is 0 Å². The number of carbonyl (C=O) groups is 1. The molecule has 1 aliphatic rings. The third-order valence-corrected chi connectivity index (χ3v) is 7.20. The van der Waals surface area contributed by atoms with E-state index in [2.05, 4.69) is 22.3 Å². The SMILES string of the molecule is Cc1ccc(N(C(C)C(=O)NCc2ccc(N3CCCCC3)cc2)S(C)(=O)=O)cc1C. The molecule has 0 spiro atoms. The largest absolute Gasteiger partial charge is 0.372 e. The Hall–Kier alpha value is -2.54. The number of anilines is 2. The van der Waals surface area contributed by atoms with Crippen molar-refractivity contribution in [2.24, 2.45) is 0 Å². The van der Waals surface area contributed by atoms with Gasteiger partial charge in [0.1, 0.15) is 6.04 Å². The molecule has 1 heterocycles. The molecule has 2 aromatic carbocycles. The Balaban J connectivity index is 1.67. The second-order valence-electron chi connectivity index (χ2n) is 8.44. The van der Waals surface area contributed by atoms with Crippen molar-refractivity contribution in [2.45, 2.75) is 52.6 Å². The molecule has 0 aromatic heterocycles. The number of hydrogen-bond donors (Lipinski definition) is 1. The second kappa shape index (κ2) is 9.73. The number of aryl methyl sites for hydroxylation is 2. The zero-order chi connectivity index (χ0) is 22.6. The Morgan fingerprint density at radius 3 is 2.26 bits per heavy atom. The van der Waals surface area contributed by atoms with Gasteiger partial charge in [0.15, 0.2) is 0 Å². The van der Waals surface area contributed by atoms with E-state index >= 15 is 0 Å². The molecule has 1 amide bonds. The van der Waals surface area contributed by atoms with Gasteiger partial charge in [0.05, 0.1) is 11.9 Å². The standard InChI is InChI=1S/C24H33N3O3S/c1-18-8-11-23(16-19(18)2)27(31(4,29)30)20(3)24(28)25-17-21-9-12-22(13-10-21)26-14-6-5-7-15-26/h8-13,16,20H,5-7,14-15,17H2,1-4H3,(H,25,28). The average molecular weight is 444 g/mol. The van der Waals surface area contributed by atoms with E-state index in [9.17, 15) is 13.2 Å². The minimum Gasteiger partial charge on any atom is -0.372 e. The van der Waals surface area contributed by atoms with E-state index in [0.717, 1.165) is 36.0 Å². The normalized spacial score (nSPS) is 15.4. The fourth-order valence-corrected chi connectivity index (χ4v) is 5.15. The summed E-state index contributed by atoms with van der Waals surface area (Å²) in [5, 5.41) is 2.89. The van der Waals surface area contributed by atoms with Gasteiger partial charge in [-0.15, -0.1) is 0 Å². The maximum absolute atomic E-state index is 12.8. The molecule has 1 fully saturated rings. The lowest BCUT2D eigenvalue weighted by molar-refractivity contribution is -0.122. The molecule has 1 saturated heterocycles. The summed E-state index contributed by atoms with van der Waals surface area (Å²) in [6.45, 7) is 8.05. The topological polar surface area (TPSA) is 69.7 Å². The molecule has 1 N–H and O–H groups in total. The number of nitrogens with zero attached hydrogens (tertiary/aromatic N) is 2. The Bertz CT molecular complexity index is 1010. The Labute approximate surface area is 186 Å². The molecule has 3 rings (SSSR count). The zero-order valence-corrected chi connectivity index (χ0v) is 19.7. The predicted molar refractivity (Wildman–Crippen MR) is 127 cm³/mol. The van der Waals surface area contributed by atoms with Crippen molar-refractivity contribution in [2.75, 3.05) is 28.6 Å². The van der Waals surface area contributed by atoms with E-state index in [0.29, 0.717) is 12.2 Å². The molecule has 2 aromatic rings. The van der Waals surface area contributed by atoms with Gasteiger partial charge in [-0.05, 0) is 81.0 Å². The number of piperidine rings is 1. The number of nitrogens with one attached hydrogen (secondary N) is 1. The molecule has 168 valence electrons. The van der Waals surface area contributed by atoms with Crippen LogP contribution in [-0.4, -0.2) is 39.7 Å². The van der Waals surface area contributed by atoms with Crippen molar-refractivity contribution in [3.63, 3.8) is 0 Å². The summed E-state index contributed by atoms with van der Waals surface area (Å²) in [7, 11) is -3.63. The number of benzene rings is 2. The first-order valence-corrected chi connectivity index (χ1v) is 12.7. The van der Waals surface area contributed by atoms with E-state index in [4.69, 9.17) is 0 Å². The molecule has 0 saturated carbocycles. The van der Waals surface area contributed by atoms with Gasteiger partial charge in [-0.25, -0.2) is 8.42 Å². The van der Waals surface area contributed by atoms with Gasteiger partial charge < -0.3 is 10.2 Å². The molecular weight excluding hydrogens is 410 g/mol. The number of amides is 1. The van der Waals surface area contributed by atoms with Gasteiger partial charge in [0.25, 0.3) is 0 Å². The van der Waals surface area contributed by atoms with Crippen molar-refractivity contribution < 1.29 is 13.2 Å². The third kappa shape index (κ3) is 5.79. The zero-order valence-electron chi connectivity index (χ0n) is 18.9. The monoisotopic (exact) mass is 443 g/mol. The predicted octanol–water partition coefficient (Wildman–Crippen LogP) is 3.76. The first kappa shape index (κ1) is 23.1. The Kier molecular flexibility index (Phi) is 7.26. The first-order valence-electron chi connectivity index (χ1n) is 10.8. The van der Waals surface area contributed by atoms with Crippen molar-refractivity contribution in [1.82, 2.24) is 5.32 Å². The van der Waals surface area contributed by atoms with Crippen LogP contribution in [0.2, 0.25) is 0 Å². The highest BCUT2D eigenvalue weighted by Crippen LogP contribution is 2.24. The molecule has 7 heteroatoms. The average Bonchev–Trinajstić information content (AvgIpc) is 2.74. The number of carbonyl (C=O) groups excluding carboxylic acids is 1. The fraction of sp³-hybridized carbons (Fsp3) is 0.458. The Morgan fingerprint density at radius 2 is 1.68 bits per heavy atom. The van der Waals surface area contributed by atoms with Gasteiger partial charge in [-0.2, -0.15) is 0 Å². The van der Waals surface area contributed by atoms with Crippen LogP contribution >= 0.6 is 0 Å². The van der Waals surface area contributed by atoms with E-state index in [1.54, 1.807) is 19.1 Å². The minimum absolute atomic E-state index is 0.330. The summed E-state index contributed by atoms with van der Waals surface area (Å²) in [4.78, 5) is 15.2. The molecule has 1 atom stereocenters. The lowest BCUT2D eigenvalue weighted by Crippen LogP contribution is -2.47. The molecule has 0 bridgehead atoms. The number of hydrogen-bond acceptors (Lipinski definition) is 4. The van der Waals surface area contributed by atoms with Crippen LogP contribution in [0.3, 0.4) is 0 Å². The first-order chi connectivity index (χ1) is 14.7. The smallest absolute Gasteiger partial charge is 0.243 e. The quantitative estimate of drug-likeness (QED) is 0.707. The summed E-state index contributed by atoms with van der Waals surface area (Å²) in [5.41, 5.74) is 4.74. The number of sulfonamides is 1. The molecule has 0 aliphatic carbocycles. The van der Waals surface area contributed by atoms with Crippen molar-refractivity contribution in [3.05, 3.63) is 59.2 Å². The highest BCUT2D eigenvalue weighted by atomic mass is 32.2. The second-order valence-corrected chi connectivity index (χ2v) is 10.3. The fourth-order valence-electron chi connectivity index (χ4n) is 3.99. The van der Waals surface area contributed by atoms with E-state index in [1.807, 2.05) is 32.0 Å². The maximum atomic E-state index is 12.8. The highest BCUT2D eigenvalue weighted by Gasteiger charge is 2.29. The van der Waals surface area contributed by atoms with Crippen molar-refractivity contribution in [1.29, 1.82) is 0 Å². The van der Waals surface area contributed by atoms with Gasteiger partial charge >= 0.3 is 0 Å². The summed E-state index contributed by atoms with van der Waals surface area (Å²) < 4.78 is 26.1. The van der Waals surface area contributed by atoms with Crippen LogP contribution in [0.15, 0.2) is 42.5 Å². The molecule has 1 unspecified atom stereocenters. The van der Waals surface area contributed by atoms with E-state index < -0.39 is 16.1 Å². The molecular formula is C24H33N3O3S. The van der Waals surface area contributed by atoms with E-state index in [1.165, 1.54) is 29.3 Å². The van der Waals surface area contributed by atoms with Crippen LogP contribution in [0, 0.1) is 13.8 Å². The highest BCUT2D eigenvalue weighted by molar-refractivity contribution is 7.92. The van der Waals surface area contributed by atoms with Crippen LogP contribution in [-0.2, 0) is 21.4 Å². The van der Waals surface area contributed by atoms with Crippen LogP contribution in [0.1, 0.15) is 42.9 Å². The van der Waals surface area contributed by atoms with Gasteiger partial charge in [-0.1, -0.05) is 18.2 Å². The Morgan fingerprint density at radius 1 is 1.03 bits per heavy atom. The van der Waals surface area contributed by atoms with E-state index in [-0.39, 0.29) is 5.91 Å².